The van der Waals surface area contributed by atoms with Gasteiger partial charge in [-0.15, -0.1) is 16.3 Å². The van der Waals surface area contributed by atoms with Crippen molar-refractivity contribution < 1.29 is 0 Å². The predicted octanol–water partition coefficient (Wildman–Crippen LogP) is -2.98. The first-order chi connectivity index (χ1) is 10.1. The summed E-state index contributed by atoms with van der Waals surface area (Å²) in [6.45, 7) is 0. The van der Waals surface area contributed by atoms with Crippen LogP contribution in [-0.4, -0.2) is 64.1 Å². The molecule has 2 N–H and O–H groups in total. The van der Waals surface area contributed by atoms with Crippen molar-refractivity contribution in [2.45, 2.75) is 0 Å². The minimum absolute atomic E-state index is 0. The van der Waals surface area contributed by atoms with Gasteiger partial charge in [0.1, 0.15) is 0 Å². The van der Waals surface area contributed by atoms with E-state index in [9.17, 15) is 28.8 Å². The zero-order valence-corrected chi connectivity index (χ0v) is 15.7. The third-order valence-electron chi connectivity index (χ3n) is 1.81. The molecule has 0 unspecified atom stereocenters. The molecule has 0 aliphatic heterocycles. The predicted molar refractivity (Wildman–Crippen MR) is 81.9 cm³/mol. The van der Waals surface area contributed by atoms with Crippen molar-refractivity contribution in [2.24, 2.45) is 0 Å². The summed E-state index contributed by atoms with van der Waals surface area (Å²) in [5, 5.41) is 0. The third-order valence-corrected chi connectivity index (χ3v) is 3.01. The fourth-order valence-electron chi connectivity index (χ4n) is 0.881. The molecule has 0 atom stereocenters. The maximum Gasteiger partial charge on any atom is 0.366 e. The van der Waals surface area contributed by atoms with Gasteiger partial charge in [-0.05, 0) is 0 Å². The average molecular weight is 436 g/mol. The Balaban J connectivity index is 0.000000403. The standard InChI is InChI=1S/2C3HCl2N3O3.Ca/c2*4-7-1(9)6-2(10)8(5)3(7)11;/h2*(H,6,9,10);. The van der Waals surface area contributed by atoms with Crippen molar-refractivity contribution in [3.8, 4) is 0 Å². The molecule has 12 nitrogen and oxygen atoms in total. The van der Waals surface area contributed by atoms with Crippen LogP contribution in [0.4, 0.5) is 0 Å². The molecule has 2 radical (unpaired) electrons. The summed E-state index contributed by atoms with van der Waals surface area (Å²) in [5.41, 5.74) is -6.25. The molecule has 23 heavy (non-hydrogen) atoms. The number of rotatable bonds is 0. The van der Waals surface area contributed by atoms with Gasteiger partial charge >= 0.3 is 34.1 Å². The molecule has 2 heterocycles. The van der Waals surface area contributed by atoms with Crippen LogP contribution in [0.25, 0.3) is 0 Å². The van der Waals surface area contributed by atoms with Crippen LogP contribution in [0.3, 0.4) is 0 Å². The van der Waals surface area contributed by atoms with Gasteiger partial charge in [0, 0.05) is 84.8 Å². The average Bonchev–Trinajstić information content (AvgIpc) is 2.47. The van der Waals surface area contributed by atoms with E-state index in [4.69, 9.17) is 47.1 Å². The summed E-state index contributed by atoms with van der Waals surface area (Å²) in [6.07, 6.45) is 0. The molecule has 0 saturated heterocycles. The minimum Gasteiger partial charge on any atom is -0.257 e. The van der Waals surface area contributed by atoms with Gasteiger partial charge in [-0.3, -0.25) is 9.97 Å². The molecule has 0 spiro atoms. The zero-order chi connectivity index (χ0) is 17.2. The second-order valence-electron chi connectivity index (χ2n) is 3.16. The largest absolute Gasteiger partial charge is 0.366 e. The number of aromatic amines is 2. The summed E-state index contributed by atoms with van der Waals surface area (Å²) in [4.78, 5) is 66.8. The van der Waals surface area contributed by atoms with Gasteiger partial charge in [-0.2, -0.15) is 0 Å². The first-order valence-electron chi connectivity index (χ1n) is 4.69. The Kier molecular flexibility index (Phi) is 8.62. The molecule has 0 amide bonds. The van der Waals surface area contributed by atoms with Crippen molar-refractivity contribution in [3.05, 3.63) is 62.9 Å². The van der Waals surface area contributed by atoms with Crippen LogP contribution in [0.1, 0.15) is 0 Å². The molecule has 2 aromatic heterocycles. The van der Waals surface area contributed by atoms with Crippen LogP contribution in [0.2, 0.25) is 0 Å². The van der Waals surface area contributed by atoms with Gasteiger partial charge in [0.05, 0.1) is 0 Å². The van der Waals surface area contributed by atoms with E-state index >= 15 is 0 Å². The van der Waals surface area contributed by atoms with Crippen molar-refractivity contribution in [1.29, 1.82) is 0 Å². The van der Waals surface area contributed by atoms with Gasteiger partial charge in [0.15, 0.2) is 0 Å². The molecule has 17 heteroatoms. The van der Waals surface area contributed by atoms with E-state index in [0.717, 1.165) is 0 Å². The number of H-pyrrole nitrogens is 2. The van der Waals surface area contributed by atoms with Crippen molar-refractivity contribution in [1.82, 2.24) is 26.3 Å². The van der Waals surface area contributed by atoms with E-state index in [-0.39, 0.29) is 54.1 Å². The fraction of sp³-hybridized carbons (Fsp3) is 0. The van der Waals surface area contributed by atoms with Crippen LogP contribution in [0.15, 0.2) is 28.8 Å². The smallest absolute Gasteiger partial charge is 0.257 e. The number of aromatic nitrogens is 6. The quantitative estimate of drug-likeness (QED) is 0.421. The number of hydrogen-bond donors (Lipinski definition) is 2. The van der Waals surface area contributed by atoms with E-state index in [2.05, 4.69) is 0 Å². The first-order valence-corrected chi connectivity index (χ1v) is 6.04. The van der Waals surface area contributed by atoms with E-state index < -0.39 is 34.1 Å². The van der Waals surface area contributed by atoms with Crippen LogP contribution in [0.5, 0.6) is 0 Å². The molecule has 0 aromatic carbocycles. The molecular weight excluding hydrogens is 434 g/mol. The van der Waals surface area contributed by atoms with Crippen molar-refractivity contribution in [2.75, 3.05) is 0 Å². The molecule has 0 aliphatic rings. The normalized spacial score (nSPS) is 9.57. The number of halogens is 4. The van der Waals surface area contributed by atoms with E-state index in [1.54, 1.807) is 9.97 Å². The number of hydrogen-bond acceptors (Lipinski definition) is 6. The summed E-state index contributed by atoms with van der Waals surface area (Å²) < 4.78 is 0.644. The van der Waals surface area contributed by atoms with E-state index in [0.29, 0.717) is 0 Å². The molecular formula is C6H2CaCl4N6O6. The molecule has 0 saturated carbocycles. The second kappa shape index (κ2) is 8.92. The monoisotopic (exact) mass is 434 g/mol. The van der Waals surface area contributed by atoms with Gasteiger partial charge in [-0.1, -0.05) is 0 Å². The molecule has 122 valence electrons. The summed E-state index contributed by atoms with van der Waals surface area (Å²) in [5.74, 6) is 0. The summed E-state index contributed by atoms with van der Waals surface area (Å²) >= 11 is 20.3. The Hall–Kier alpha value is -0.760. The van der Waals surface area contributed by atoms with Crippen molar-refractivity contribution >= 4 is 84.8 Å². The summed E-state index contributed by atoms with van der Waals surface area (Å²) in [6, 6.07) is 0. The van der Waals surface area contributed by atoms with Gasteiger partial charge < -0.3 is 0 Å². The third kappa shape index (κ3) is 5.11. The SMILES string of the molecule is O=c1[nH]c(=O)n(Cl)c(=O)n1Cl.O=c1[nH]c(=O)n(Cl)c(=O)n1Cl.[Ca]. The molecule has 2 rings (SSSR count). The topological polar surface area (TPSA) is 154 Å². The van der Waals surface area contributed by atoms with Crippen LogP contribution in [-0.2, 0) is 0 Å². The fourth-order valence-corrected chi connectivity index (χ4v) is 1.43. The number of nitrogens with zero attached hydrogens (tertiary/aromatic N) is 4. The molecule has 2 aromatic rings. The Morgan fingerprint density at radius 1 is 0.522 bits per heavy atom. The van der Waals surface area contributed by atoms with Gasteiger partial charge in [0.25, 0.3) is 0 Å². The van der Waals surface area contributed by atoms with E-state index in [1.165, 1.54) is 0 Å². The van der Waals surface area contributed by atoms with Crippen LogP contribution in [0, 0.1) is 0 Å². The zero-order valence-electron chi connectivity index (χ0n) is 10.5. The molecule has 0 bridgehead atoms. The Morgan fingerprint density at radius 3 is 0.870 bits per heavy atom. The van der Waals surface area contributed by atoms with Gasteiger partial charge in [-0.25, -0.2) is 28.8 Å². The Labute approximate surface area is 172 Å². The van der Waals surface area contributed by atoms with Crippen LogP contribution >= 0.6 is 47.1 Å². The molecule has 0 fully saturated rings. The van der Waals surface area contributed by atoms with Crippen molar-refractivity contribution in [3.63, 3.8) is 0 Å². The Morgan fingerprint density at radius 2 is 0.696 bits per heavy atom. The maximum absolute atomic E-state index is 10.7. The summed E-state index contributed by atoms with van der Waals surface area (Å²) in [7, 11) is 0. The van der Waals surface area contributed by atoms with Gasteiger partial charge in [0.2, 0.25) is 0 Å². The minimum atomic E-state index is -1.10. The number of nitrogens with one attached hydrogen (secondary N) is 2. The van der Waals surface area contributed by atoms with Crippen LogP contribution < -0.4 is 34.1 Å². The first kappa shape index (κ1) is 22.2. The second-order valence-corrected chi connectivity index (χ2v) is 4.51. The molecule has 0 aliphatic carbocycles. The Bertz CT molecular complexity index is 898. The van der Waals surface area contributed by atoms with E-state index in [1.807, 2.05) is 0 Å². The maximum atomic E-state index is 10.7.